The monoisotopic (exact) mass is 161 g/mol. The van der Waals surface area contributed by atoms with E-state index in [9.17, 15) is 5.11 Å². The van der Waals surface area contributed by atoms with E-state index < -0.39 is 6.10 Å². The van der Waals surface area contributed by atoms with Crippen LogP contribution in [0.15, 0.2) is 29.3 Å². The summed E-state index contributed by atoms with van der Waals surface area (Å²) >= 11 is 0. The highest BCUT2D eigenvalue weighted by Crippen LogP contribution is 2.26. The van der Waals surface area contributed by atoms with Crippen LogP contribution in [0.1, 0.15) is 12.5 Å². The summed E-state index contributed by atoms with van der Waals surface area (Å²) < 4.78 is 0. The van der Waals surface area contributed by atoms with E-state index in [2.05, 4.69) is 4.99 Å². The van der Waals surface area contributed by atoms with Gasteiger partial charge in [0.05, 0.1) is 17.5 Å². The Morgan fingerprint density at radius 2 is 2.17 bits per heavy atom. The molecule has 0 saturated carbocycles. The molecule has 62 valence electrons. The number of hydrogen-bond donors (Lipinski definition) is 1. The van der Waals surface area contributed by atoms with E-state index in [-0.39, 0.29) is 0 Å². The van der Waals surface area contributed by atoms with Gasteiger partial charge in [0.2, 0.25) is 0 Å². The van der Waals surface area contributed by atoms with Crippen molar-refractivity contribution in [3.05, 3.63) is 29.8 Å². The summed E-state index contributed by atoms with van der Waals surface area (Å²) in [5.74, 6) is 0. The molecule has 1 heterocycles. The summed E-state index contributed by atoms with van der Waals surface area (Å²) in [6.07, 6.45) is 0.380. The minimum absolute atomic E-state index is 0.419. The maximum absolute atomic E-state index is 9.29. The molecule has 0 bridgehead atoms. The number of hydrogen-bond acceptors (Lipinski definition) is 2. The van der Waals surface area contributed by atoms with Crippen molar-refractivity contribution < 1.29 is 5.11 Å². The van der Waals surface area contributed by atoms with Crippen molar-refractivity contribution in [2.24, 2.45) is 4.99 Å². The molecule has 12 heavy (non-hydrogen) atoms. The van der Waals surface area contributed by atoms with Crippen molar-refractivity contribution in [1.82, 2.24) is 0 Å². The molecule has 2 rings (SSSR count). The van der Waals surface area contributed by atoms with Gasteiger partial charge < -0.3 is 5.11 Å². The third kappa shape index (κ3) is 1.14. The number of aliphatic hydroxyl groups excluding tert-OH is 1. The topological polar surface area (TPSA) is 32.6 Å². The third-order valence-corrected chi connectivity index (χ3v) is 2.11. The lowest BCUT2D eigenvalue weighted by Crippen LogP contribution is -2.15. The van der Waals surface area contributed by atoms with Gasteiger partial charge in [-0.3, -0.25) is 4.99 Å². The van der Waals surface area contributed by atoms with Crippen LogP contribution in [0.25, 0.3) is 0 Å². The maximum Gasteiger partial charge on any atom is 0.0896 e. The molecule has 0 aromatic heterocycles. The van der Waals surface area contributed by atoms with E-state index >= 15 is 0 Å². The Kier molecular flexibility index (Phi) is 1.70. The van der Waals surface area contributed by atoms with Gasteiger partial charge in [0.25, 0.3) is 0 Å². The smallest absolute Gasteiger partial charge is 0.0896 e. The second kappa shape index (κ2) is 2.72. The lowest BCUT2D eigenvalue weighted by Gasteiger charge is -2.00. The molecule has 1 aliphatic heterocycles. The molecule has 1 atom stereocenters. The largest absolute Gasteiger partial charge is 0.387 e. The number of rotatable bonds is 1. The highest BCUT2D eigenvalue weighted by molar-refractivity contribution is 5.96. The zero-order valence-corrected chi connectivity index (χ0v) is 6.99. The van der Waals surface area contributed by atoms with Gasteiger partial charge in [-0.15, -0.1) is 0 Å². The Morgan fingerprint density at radius 3 is 2.83 bits per heavy atom. The van der Waals surface area contributed by atoms with Crippen LogP contribution in [0.5, 0.6) is 0 Å². The first-order valence-corrected chi connectivity index (χ1v) is 4.11. The van der Waals surface area contributed by atoms with Crippen LogP contribution in [-0.2, 0) is 6.42 Å². The molecule has 2 nitrogen and oxygen atoms in total. The predicted octanol–water partition coefficient (Wildman–Crippen LogP) is 1.70. The molecule has 1 aromatic rings. The molecule has 0 amide bonds. The molecule has 1 aliphatic rings. The lowest BCUT2D eigenvalue weighted by atomic mass is 10.1. The Balaban J connectivity index is 2.35. The minimum Gasteiger partial charge on any atom is -0.387 e. The van der Waals surface area contributed by atoms with Crippen molar-refractivity contribution in [2.45, 2.75) is 19.4 Å². The molecular formula is C10H11NO. The molecule has 2 heteroatoms. The Labute approximate surface area is 71.6 Å². The summed E-state index contributed by atoms with van der Waals surface area (Å²) in [5, 5.41) is 9.29. The van der Waals surface area contributed by atoms with Gasteiger partial charge in [-0.05, 0) is 18.6 Å². The molecule has 0 spiro atoms. The van der Waals surface area contributed by atoms with E-state index in [1.807, 2.05) is 24.3 Å². The van der Waals surface area contributed by atoms with Crippen LogP contribution in [0.2, 0.25) is 0 Å². The van der Waals surface area contributed by atoms with Crippen molar-refractivity contribution in [2.75, 3.05) is 0 Å². The molecule has 1 N–H and O–H groups in total. The average Bonchev–Trinajstić information content (AvgIpc) is 2.46. The number of nitrogens with zero attached hydrogens (tertiary/aromatic N) is 1. The fourth-order valence-corrected chi connectivity index (χ4v) is 1.40. The maximum atomic E-state index is 9.29. The Hall–Kier alpha value is -1.15. The second-order valence-corrected chi connectivity index (χ2v) is 3.08. The van der Waals surface area contributed by atoms with Crippen molar-refractivity contribution >= 4 is 11.4 Å². The first kappa shape index (κ1) is 7.50. The average molecular weight is 161 g/mol. The van der Waals surface area contributed by atoms with E-state index in [0.29, 0.717) is 0 Å². The first-order valence-electron chi connectivity index (χ1n) is 4.11. The Morgan fingerprint density at radius 1 is 1.42 bits per heavy atom. The van der Waals surface area contributed by atoms with Gasteiger partial charge in [0.15, 0.2) is 0 Å². The van der Waals surface area contributed by atoms with E-state index in [0.717, 1.165) is 17.8 Å². The summed E-state index contributed by atoms with van der Waals surface area (Å²) in [4.78, 5) is 4.32. The van der Waals surface area contributed by atoms with Crippen LogP contribution < -0.4 is 0 Å². The molecular weight excluding hydrogens is 150 g/mol. The van der Waals surface area contributed by atoms with Crippen LogP contribution in [0.4, 0.5) is 5.69 Å². The van der Waals surface area contributed by atoms with Gasteiger partial charge in [0.1, 0.15) is 0 Å². The zero-order chi connectivity index (χ0) is 8.55. The summed E-state index contributed by atoms with van der Waals surface area (Å²) in [6.45, 7) is 1.75. The van der Waals surface area contributed by atoms with Gasteiger partial charge in [-0.1, -0.05) is 18.2 Å². The molecule has 1 aromatic carbocycles. The lowest BCUT2D eigenvalue weighted by molar-refractivity contribution is 0.261. The summed E-state index contributed by atoms with van der Waals surface area (Å²) in [5.41, 5.74) is 3.10. The molecule has 1 unspecified atom stereocenters. The van der Waals surface area contributed by atoms with Gasteiger partial charge in [-0.2, -0.15) is 0 Å². The van der Waals surface area contributed by atoms with E-state index in [1.165, 1.54) is 5.56 Å². The predicted molar refractivity (Wildman–Crippen MR) is 48.9 cm³/mol. The van der Waals surface area contributed by atoms with E-state index in [1.54, 1.807) is 6.92 Å². The first-order chi connectivity index (χ1) is 5.77. The fourth-order valence-electron chi connectivity index (χ4n) is 1.40. The summed E-state index contributed by atoms with van der Waals surface area (Å²) in [7, 11) is 0. The van der Waals surface area contributed by atoms with Crippen LogP contribution in [-0.4, -0.2) is 16.9 Å². The highest BCUT2D eigenvalue weighted by atomic mass is 16.3. The van der Waals surface area contributed by atoms with Crippen LogP contribution in [0.3, 0.4) is 0 Å². The standard InChI is InChI=1S/C10H11NO/c1-7(12)10-6-8-4-2-3-5-9(8)11-10/h2-5,7,12H,6H2,1H3. The SMILES string of the molecule is CC(O)C1=Nc2ccccc2C1. The van der Waals surface area contributed by atoms with Crippen LogP contribution >= 0.6 is 0 Å². The Bertz CT molecular complexity index is 328. The van der Waals surface area contributed by atoms with Gasteiger partial charge >= 0.3 is 0 Å². The van der Waals surface area contributed by atoms with Crippen molar-refractivity contribution in [1.29, 1.82) is 0 Å². The van der Waals surface area contributed by atoms with Crippen LogP contribution in [0, 0.1) is 0 Å². The number of aliphatic hydroxyl groups is 1. The second-order valence-electron chi connectivity index (χ2n) is 3.08. The number of benzene rings is 1. The quantitative estimate of drug-likeness (QED) is 0.668. The zero-order valence-electron chi connectivity index (χ0n) is 6.99. The molecule has 0 fully saturated rings. The van der Waals surface area contributed by atoms with Gasteiger partial charge in [-0.25, -0.2) is 0 Å². The van der Waals surface area contributed by atoms with Crippen molar-refractivity contribution in [3.8, 4) is 0 Å². The van der Waals surface area contributed by atoms with Crippen molar-refractivity contribution in [3.63, 3.8) is 0 Å². The summed E-state index contributed by atoms with van der Waals surface area (Å²) in [6, 6.07) is 7.99. The fraction of sp³-hybridized carbons (Fsp3) is 0.300. The van der Waals surface area contributed by atoms with Gasteiger partial charge in [0, 0.05) is 6.42 Å². The molecule has 0 aliphatic carbocycles. The highest BCUT2D eigenvalue weighted by Gasteiger charge is 2.16. The molecule has 0 saturated heterocycles. The molecule has 0 radical (unpaired) electrons. The van der Waals surface area contributed by atoms with E-state index in [4.69, 9.17) is 0 Å². The number of para-hydroxylation sites is 1. The third-order valence-electron chi connectivity index (χ3n) is 2.11. The normalized spacial score (nSPS) is 17.0. The number of aliphatic imine (C=N–C) groups is 1. The minimum atomic E-state index is -0.419. The number of fused-ring (bicyclic) bond motifs is 1.